The number of nitrogens with zero attached hydrogens (tertiary/aromatic N) is 4. The quantitative estimate of drug-likeness (QED) is 0.150. The molecule has 3 aromatic heterocycles. The van der Waals surface area contributed by atoms with Gasteiger partial charge in [0.1, 0.15) is 28.7 Å². The van der Waals surface area contributed by atoms with Crippen molar-refractivity contribution in [3.63, 3.8) is 0 Å². The Morgan fingerprint density at radius 3 is 1.71 bits per heavy atom. The lowest BCUT2D eigenvalue weighted by Crippen LogP contribution is -2.31. The fourth-order valence-corrected chi connectivity index (χ4v) is 10.9. The fraction of sp³-hybridized carbons (Fsp3) is 0.213. The van der Waals surface area contributed by atoms with Crippen LogP contribution in [0.15, 0.2) is 140 Å². The molecule has 5 nitrogen and oxygen atoms in total. The Labute approximate surface area is 389 Å². The van der Waals surface area contributed by atoms with E-state index in [2.05, 4.69) is 231 Å². The highest BCUT2D eigenvalue weighted by Crippen LogP contribution is 2.43. The summed E-state index contributed by atoms with van der Waals surface area (Å²) in [7, 11) is 0. The minimum Gasteiger partial charge on any atom is -0.457 e. The number of aryl methyl sites for hydroxylation is 9. The van der Waals surface area contributed by atoms with E-state index >= 15 is 0 Å². The summed E-state index contributed by atoms with van der Waals surface area (Å²) in [5, 5.41) is 2.34. The molecule has 5 heteroatoms. The summed E-state index contributed by atoms with van der Waals surface area (Å²) in [5.74, 6) is 2.41. The average Bonchev–Trinajstić information content (AvgIpc) is 3.77. The number of ether oxygens (including phenoxy) is 1. The van der Waals surface area contributed by atoms with Gasteiger partial charge in [-0.3, -0.25) is 4.57 Å². The van der Waals surface area contributed by atoms with Crippen molar-refractivity contribution in [1.29, 1.82) is 0 Å². The molecule has 0 spiro atoms. The highest BCUT2D eigenvalue weighted by Gasteiger charge is 2.27. The molecule has 0 amide bonds. The number of rotatable bonds is 7. The van der Waals surface area contributed by atoms with E-state index in [1.165, 1.54) is 89.0 Å². The maximum Gasteiger partial charge on any atom is 0.255 e. The van der Waals surface area contributed by atoms with Gasteiger partial charge in [-0.25, -0.2) is 4.98 Å². The average molecular weight is 864 g/mol. The molecule has 0 saturated carbocycles. The van der Waals surface area contributed by atoms with Gasteiger partial charge in [-0.15, -0.1) is 0 Å². The second kappa shape index (κ2) is 16.0. The van der Waals surface area contributed by atoms with Crippen LogP contribution in [0.3, 0.4) is 0 Å². The van der Waals surface area contributed by atoms with E-state index in [9.17, 15) is 0 Å². The van der Waals surface area contributed by atoms with Gasteiger partial charge in [0.2, 0.25) is 0 Å². The van der Waals surface area contributed by atoms with Crippen molar-refractivity contribution < 1.29 is 9.30 Å². The first kappa shape index (κ1) is 42.7. The molecule has 0 aliphatic carbocycles. The van der Waals surface area contributed by atoms with Crippen molar-refractivity contribution in [1.82, 2.24) is 14.1 Å². The number of benzene rings is 7. The van der Waals surface area contributed by atoms with E-state index in [0.717, 1.165) is 50.5 Å². The number of pyridine rings is 1. The third-order valence-electron chi connectivity index (χ3n) is 13.5. The summed E-state index contributed by atoms with van der Waals surface area (Å²) in [6, 6.07) is 46.6. The smallest absolute Gasteiger partial charge is 0.255 e. The van der Waals surface area contributed by atoms with Gasteiger partial charge in [-0.2, -0.15) is 9.13 Å². The summed E-state index contributed by atoms with van der Waals surface area (Å²) in [5.41, 5.74) is 24.3. The molecule has 0 saturated heterocycles. The van der Waals surface area contributed by atoms with E-state index < -0.39 is 0 Å². The molecule has 0 aliphatic heterocycles. The minimum absolute atomic E-state index is 0.0144. The Morgan fingerprint density at radius 2 is 1.08 bits per heavy atom. The van der Waals surface area contributed by atoms with Crippen molar-refractivity contribution in [2.45, 2.75) is 88.5 Å². The maximum atomic E-state index is 6.86. The summed E-state index contributed by atoms with van der Waals surface area (Å²) < 4.78 is 13.9. The minimum atomic E-state index is -0.0144. The SMILES string of the molecule is Cc1cc(C)c(-c2cc3c(cc2-c2c(C)cc(C)cc2C)[n+](-c2c(C)cc(C)cc2C)cn3-c2cccc(Oc3ccc4c5ccccc5n(-c5cc(C(C)(C)C)ccn5)c4c3)c2)c(C)c1. The molecule has 0 atom stereocenters. The lowest BCUT2D eigenvalue weighted by Gasteiger charge is -2.20. The number of hydrogen-bond acceptors (Lipinski definition) is 2. The van der Waals surface area contributed by atoms with Crippen LogP contribution in [-0.2, 0) is 5.41 Å². The van der Waals surface area contributed by atoms with Gasteiger partial charge in [0.15, 0.2) is 11.0 Å². The van der Waals surface area contributed by atoms with E-state index in [-0.39, 0.29) is 5.41 Å². The standard InChI is InChI=1S/C61H59N4O/c1-36-24-39(4)58(40(5)25-36)51-33-55-56(34-52(51)59-41(6)26-37(2)27-42(59)7)64(60-43(8)28-38(3)29-44(60)9)35-63(55)46-16-15-17-47(31-46)66-48-20-21-50-49-18-13-14-19-53(49)65(54(50)32-48)57-30-45(22-23-62-57)61(10,11)12/h13-35H,1-12H3/q+1. The zero-order valence-electron chi connectivity index (χ0n) is 40.5. The molecule has 0 fully saturated rings. The molecule has 10 rings (SSSR count). The number of fused-ring (bicyclic) bond motifs is 4. The fourth-order valence-electron chi connectivity index (χ4n) is 10.9. The van der Waals surface area contributed by atoms with Crippen LogP contribution in [0.25, 0.3) is 72.3 Å². The normalized spacial score (nSPS) is 11.9. The molecule has 10 aromatic rings. The summed E-state index contributed by atoms with van der Waals surface area (Å²) in [6.07, 6.45) is 4.20. The summed E-state index contributed by atoms with van der Waals surface area (Å²) >= 11 is 0. The lowest BCUT2D eigenvalue weighted by atomic mass is 9.85. The summed E-state index contributed by atoms with van der Waals surface area (Å²) in [4.78, 5) is 4.91. The topological polar surface area (TPSA) is 35.9 Å². The number of aromatic nitrogens is 4. The lowest BCUT2D eigenvalue weighted by molar-refractivity contribution is -0.568. The van der Waals surface area contributed by atoms with E-state index in [4.69, 9.17) is 9.72 Å². The number of hydrogen-bond donors (Lipinski definition) is 0. The van der Waals surface area contributed by atoms with Gasteiger partial charge in [0.25, 0.3) is 6.33 Å². The maximum absolute atomic E-state index is 6.86. The van der Waals surface area contributed by atoms with Crippen molar-refractivity contribution in [3.05, 3.63) is 196 Å². The van der Waals surface area contributed by atoms with Gasteiger partial charge in [0, 0.05) is 29.1 Å². The van der Waals surface area contributed by atoms with Crippen LogP contribution in [0.1, 0.15) is 76.4 Å². The summed E-state index contributed by atoms with van der Waals surface area (Å²) in [6.45, 7) is 26.8. The van der Waals surface area contributed by atoms with Gasteiger partial charge in [-0.05, 0) is 184 Å². The Hall–Kier alpha value is -7.24. The van der Waals surface area contributed by atoms with E-state index in [1.807, 2.05) is 6.20 Å². The first-order valence-corrected chi connectivity index (χ1v) is 23.2. The highest BCUT2D eigenvalue weighted by molar-refractivity contribution is 6.09. The van der Waals surface area contributed by atoms with Gasteiger partial charge in [0.05, 0.1) is 11.0 Å². The van der Waals surface area contributed by atoms with Gasteiger partial charge >= 0.3 is 0 Å². The Kier molecular flexibility index (Phi) is 10.4. The second-order valence-electron chi connectivity index (χ2n) is 19.8. The molecule has 0 unspecified atom stereocenters. The molecular formula is C61H59N4O+. The third kappa shape index (κ3) is 7.37. The van der Waals surface area contributed by atoms with E-state index in [0.29, 0.717) is 0 Å². The largest absolute Gasteiger partial charge is 0.457 e. The van der Waals surface area contributed by atoms with Crippen LogP contribution in [0, 0.1) is 62.3 Å². The van der Waals surface area contributed by atoms with Gasteiger partial charge in [-0.1, -0.05) is 98.1 Å². The molecule has 7 aromatic carbocycles. The van der Waals surface area contributed by atoms with Crippen molar-refractivity contribution in [2.24, 2.45) is 0 Å². The first-order chi connectivity index (χ1) is 31.5. The monoisotopic (exact) mass is 863 g/mol. The molecule has 0 bridgehead atoms. The zero-order valence-corrected chi connectivity index (χ0v) is 40.5. The van der Waals surface area contributed by atoms with Crippen LogP contribution >= 0.6 is 0 Å². The Balaban J connectivity index is 1.17. The molecule has 66 heavy (non-hydrogen) atoms. The molecular weight excluding hydrogens is 805 g/mol. The van der Waals surface area contributed by atoms with Crippen LogP contribution < -0.4 is 9.30 Å². The molecule has 0 N–H and O–H groups in total. The predicted molar refractivity (Wildman–Crippen MR) is 276 cm³/mol. The Morgan fingerprint density at radius 1 is 0.500 bits per heavy atom. The van der Waals surface area contributed by atoms with Crippen molar-refractivity contribution in [2.75, 3.05) is 0 Å². The van der Waals surface area contributed by atoms with Crippen molar-refractivity contribution in [3.8, 4) is 50.9 Å². The molecule has 0 aliphatic rings. The van der Waals surface area contributed by atoms with Gasteiger partial charge < -0.3 is 4.74 Å². The van der Waals surface area contributed by atoms with Crippen LogP contribution in [0.5, 0.6) is 11.5 Å². The van der Waals surface area contributed by atoms with Crippen LogP contribution in [0.2, 0.25) is 0 Å². The second-order valence-corrected chi connectivity index (χ2v) is 19.8. The zero-order chi connectivity index (χ0) is 46.3. The number of imidazole rings is 1. The predicted octanol–water partition coefficient (Wildman–Crippen LogP) is 15.6. The van der Waals surface area contributed by atoms with Crippen LogP contribution in [0.4, 0.5) is 0 Å². The third-order valence-corrected chi connectivity index (χ3v) is 13.5. The van der Waals surface area contributed by atoms with Crippen molar-refractivity contribution >= 4 is 32.8 Å². The molecule has 3 heterocycles. The molecule has 0 radical (unpaired) electrons. The van der Waals surface area contributed by atoms with Crippen LogP contribution in [-0.4, -0.2) is 14.1 Å². The number of para-hydroxylation sites is 1. The first-order valence-electron chi connectivity index (χ1n) is 23.2. The molecule has 328 valence electrons. The Bertz CT molecular complexity index is 3520. The highest BCUT2D eigenvalue weighted by atomic mass is 16.5. The van der Waals surface area contributed by atoms with E-state index in [1.54, 1.807) is 0 Å².